The van der Waals surface area contributed by atoms with Crippen molar-refractivity contribution in [2.45, 2.75) is 13.0 Å². The first-order valence-electron chi connectivity index (χ1n) is 5.57. The van der Waals surface area contributed by atoms with Gasteiger partial charge in [0.05, 0.1) is 6.54 Å². The Balaban J connectivity index is 2.14. The van der Waals surface area contributed by atoms with Crippen LogP contribution in [0.25, 0.3) is 0 Å². The number of cyclic esters (lactones) is 1. The molecule has 4 nitrogen and oxygen atoms in total. The second-order valence-corrected chi connectivity index (χ2v) is 3.95. The predicted octanol–water partition coefficient (Wildman–Crippen LogP) is 1.73. The Morgan fingerprint density at radius 1 is 1.42 bits per heavy atom. The molecule has 0 saturated heterocycles. The van der Waals surface area contributed by atoms with E-state index in [0.29, 0.717) is 5.56 Å². The molecule has 2 rings (SSSR count). The zero-order valence-electron chi connectivity index (χ0n) is 9.85. The number of esters is 1. The zero-order chi connectivity index (χ0) is 13.8. The fourth-order valence-electron chi connectivity index (χ4n) is 1.75. The van der Waals surface area contributed by atoms with E-state index < -0.39 is 24.9 Å². The van der Waals surface area contributed by atoms with Crippen LogP contribution in [0.3, 0.4) is 0 Å². The molecule has 0 amide bonds. The molecular formula is C12H11F3N2O2. The summed E-state index contributed by atoms with van der Waals surface area (Å²) >= 11 is 0. The molecule has 1 aromatic heterocycles. The Labute approximate surface area is 107 Å². The number of ether oxygens (including phenoxy) is 1. The highest BCUT2D eigenvalue weighted by atomic mass is 19.3. The predicted molar refractivity (Wildman–Crippen MR) is 59.7 cm³/mol. The minimum atomic E-state index is -2.59. The van der Waals surface area contributed by atoms with Crippen molar-refractivity contribution in [3.05, 3.63) is 41.6 Å². The molecule has 102 valence electrons. The highest BCUT2D eigenvalue weighted by Crippen LogP contribution is 2.17. The van der Waals surface area contributed by atoms with Crippen LogP contribution in [0.5, 0.6) is 0 Å². The molecule has 0 spiro atoms. The molecule has 1 aliphatic heterocycles. The van der Waals surface area contributed by atoms with E-state index >= 15 is 0 Å². The Bertz CT molecular complexity index is 488. The van der Waals surface area contributed by atoms with Gasteiger partial charge in [0.1, 0.15) is 12.3 Å². The molecule has 19 heavy (non-hydrogen) atoms. The summed E-state index contributed by atoms with van der Waals surface area (Å²) in [4.78, 5) is 16.0. The smallest absolute Gasteiger partial charge is 0.354 e. The summed E-state index contributed by atoms with van der Waals surface area (Å²) in [6.07, 6.45) is 0.0961. The van der Waals surface area contributed by atoms with Crippen molar-refractivity contribution in [2.24, 2.45) is 0 Å². The second kappa shape index (κ2) is 5.73. The van der Waals surface area contributed by atoms with Gasteiger partial charge in [-0.3, -0.25) is 0 Å². The number of alkyl halides is 2. The number of nitrogens with zero attached hydrogens (tertiary/aromatic N) is 2. The van der Waals surface area contributed by atoms with Crippen LogP contribution in [-0.2, 0) is 16.1 Å². The number of carbonyl (C=O) groups excluding carboxylic acids is 1. The van der Waals surface area contributed by atoms with Gasteiger partial charge in [0.25, 0.3) is 6.43 Å². The Morgan fingerprint density at radius 3 is 2.74 bits per heavy atom. The SMILES string of the molecule is O=C1OCC=C1N(Cc1ccc(F)nc1)CC(F)F. The summed E-state index contributed by atoms with van der Waals surface area (Å²) in [6, 6.07) is 2.57. The topological polar surface area (TPSA) is 42.4 Å². The minimum Gasteiger partial charge on any atom is -0.457 e. The van der Waals surface area contributed by atoms with Crippen LogP contribution in [0, 0.1) is 5.95 Å². The maximum Gasteiger partial charge on any atom is 0.354 e. The van der Waals surface area contributed by atoms with Crippen LogP contribution in [0.15, 0.2) is 30.1 Å². The minimum absolute atomic E-state index is 0.0402. The van der Waals surface area contributed by atoms with Crippen molar-refractivity contribution in [1.29, 1.82) is 0 Å². The van der Waals surface area contributed by atoms with E-state index in [0.717, 1.165) is 6.07 Å². The molecule has 0 unspecified atom stereocenters. The number of carbonyl (C=O) groups is 1. The van der Waals surface area contributed by atoms with Crippen LogP contribution >= 0.6 is 0 Å². The van der Waals surface area contributed by atoms with Gasteiger partial charge < -0.3 is 9.64 Å². The van der Waals surface area contributed by atoms with Gasteiger partial charge in [-0.25, -0.2) is 18.6 Å². The lowest BCUT2D eigenvalue weighted by atomic mass is 10.2. The van der Waals surface area contributed by atoms with Gasteiger partial charge in [-0.2, -0.15) is 4.39 Å². The number of halogens is 3. The standard InChI is InChI=1S/C12H11F3N2O2/c13-10(14)7-17(9-3-4-19-12(9)18)6-8-1-2-11(15)16-5-8/h1-3,5,10H,4,6-7H2. The summed E-state index contributed by atoms with van der Waals surface area (Å²) in [5.74, 6) is -1.28. The molecule has 0 bridgehead atoms. The second-order valence-electron chi connectivity index (χ2n) is 3.95. The first-order valence-corrected chi connectivity index (χ1v) is 5.57. The first kappa shape index (κ1) is 13.4. The largest absolute Gasteiger partial charge is 0.457 e. The fourth-order valence-corrected chi connectivity index (χ4v) is 1.75. The molecule has 0 N–H and O–H groups in total. The van der Waals surface area contributed by atoms with E-state index in [9.17, 15) is 18.0 Å². The van der Waals surface area contributed by atoms with Gasteiger partial charge in [-0.15, -0.1) is 0 Å². The Kier molecular flexibility index (Phi) is 4.03. The van der Waals surface area contributed by atoms with Crippen molar-refractivity contribution in [3.8, 4) is 0 Å². The van der Waals surface area contributed by atoms with E-state index in [2.05, 4.69) is 4.98 Å². The van der Waals surface area contributed by atoms with Gasteiger partial charge in [0.15, 0.2) is 0 Å². The molecular weight excluding hydrogens is 261 g/mol. The molecule has 1 aromatic rings. The van der Waals surface area contributed by atoms with Crippen LogP contribution < -0.4 is 0 Å². The van der Waals surface area contributed by atoms with Crippen LogP contribution in [-0.4, -0.2) is 35.4 Å². The average molecular weight is 272 g/mol. The maximum absolute atomic E-state index is 12.7. The number of aromatic nitrogens is 1. The zero-order valence-corrected chi connectivity index (χ0v) is 9.85. The van der Waals surface area contributed by atoms with Crippen molar-refractivity contribution in [3.63, 3.8) is 0 Å². The highest BCUT2D eigenvalue weighted by Gasteiger charge is 2.25. The van der Waals surface area contributed by atoms with Crippen LogP contribution in [0.2, 0.25) is 0 Å². The third kappa shape index (κ3) is 3.46. The van der Waals surface area contributed by atoms with Gasteiger partial charge >= 0.3 is 5.97 Å². The van der Waals surface area contributed by atoms with Gasteiger partial charge in [-0.1, -0.05) is 6.07 Å². The number of pyridine rings is 1. The molecule has 2 heterocycles. The first-order chi connectivity index (χ1) is 9.06. The van der Waals surface area contributed by atoms with Gasteiger partial charge in [-0.05, 0) is 17.7 Å². The molecule has 7 heteroatoms. The summed E-state index contributed by atoms with van der Waals surface area (Å²) in [7, 11) is 0. The molecule has 0 aliphatic carbocycles. The summed E-state index contributed by atoms with van der Waals surface area (Å²) in [5.41, 5.74) is 0.632. The maximum atomic E-state index is 12.7. The van der Waals surface area contributed by atoms with Gasteiger partial charge in [0, 0.05) is 12.7 Å². The molecule has 0 saturated carbocycles. The fraction of sp³-hybridized carbons (Fsp3) is 0.333. The highest BCUT2D eigenvalue weighted by molar-refractivity contribution is 5.89. The van der Waals surface area contributed by atoms with E-state index in [4.69, 9.17) is 4.74 Å². The summed E-state index contributed by atoms with van der Waals surface area (Å²) < 4.78 is 42.4. The van der Waals surface area contributed by atoms with Crippen molar-refractivity contribution in [2.75, 3.05) is 13.2 Å². The lowest BCUT2D eigenvalue weighted by Gasteiger charge is -2.23. The molecule has 0 aromatic carbocycles. The van der Waals surface area contributed by atoms with Gasteiger partial charge in [0.2, 0.25) is 5.95 Å². The van der Waals surface area contributed by atoms with Crippen molar-refractivity contribution >= 4 is 5.97 Å². The number of hydrogen-bond donors (Lipinski definition) is 0. The van der Waals surface area contributed by atoms with E-state index in [1.54, 1.807) is 0 Å². The Hall–Kier alpha value is -2.05. The van der Waals surface area contributed by atoms with Crippen molar-refractivity contribution < 1.29 is 22.7 Å². The lowest BCUT2D eigenvalue weighted by molar-refractivity contribution is -0.137. The van der Waals surface area contributed by atoms with E-state index in [-0.39, 0.29) is 18.8 Å². The van der Waals surface area contributed by atoms with Crippen LogP contribution in [0.1, 0.15) is 5.56 Å². The third-order valence-corrected chi connectivity index (χ3v) is 2.56. The Morgan fingerprint density at radius 2 is 2.21 bits per heavy atom. The molecule has 0 radical (unpaired) electrons. The number of rotatable bonds is 5. The lowest BCUT2D eigenvalue weighted by Crippen LogP contribution is -2.30. The average Bonchev–Trinajstić information content (AvgIpc) is 2.77. The molecule has 1 aliphatic rings. The van der Waals surface area contributed by atoms with E-state index in [1.165, 1.54) is 23.2 Å². The molecule has 0 atom stereocenters. The third-order valence-electron chi connectivity index (χ3n) is 2.56. The number of hydrogen-bond acceptors (Lipinski definition) is 4. The monoisotopic (exact) mass is 272 g/mol. The summed E-state index contributed by atoms with van der Waals surface area (Å²) in [6.45, 7) is -0.480. The van der Waals surface area contributed by atoms with Crippen LogP contribution in [0.4, 0.5) is 13.2 Å². The summed E-state index contributed by atoms with van der Waals surface area (Å²) in [5, 5.41) is 0. The van der Waals surface area contributed by atoms with Crippen molar-refractivity contribution in [1.82, 2.24) is 9.88 Å². The van der Waals surface area contributed by atoms with E-state index in [1.807, 2.05) is 0 Å². The normalized spacial score (nSPS) is 14.5. The molecule has 0 fully saturated rings. The quantitative estimate of drug-likeness (QED) is 0.604.